The summed E-state index contributed by atoms with van der Waals surface area (Å²) in [6, 6.07) is 14.8. The van der Waals surface area contributed by atoms with E-state index in [1.54, 1.807) is 18.0 Å². The number of nitrogens with zero attached hydrogens (tertiary/aromatic N) is 1. The van der Waals surface area contributed by atoms with Gasteiger partial charge in [0.05, 0.1) is 17.8 Å². The smallest absolute Gasteiger partial charge is 0.262 e. The molecule has 0 spiro atoms. The summed E-state index contributed by atoms with van der Waals surface area (Å²) in [5.74, 6) is 0.814. The van der Waals surface area contributed by atoms with E-state index in [0.29, 0.717) is 17.0 Å². The predicted molar refractivity (Wildman–Crippen MR) is 97.2 cm³/mol. The van der Waals surface area contributed by atoms with Crippen LogP contribution in [0.4, 0.5) is 5.69 Å². The standard InChI is InChI=1S/C20H18N2O4/c1-21-19(23)18-11-22(15-7-3-5-9-17(15)26-18)20(24)14-10-13-6-2-4-8-16(13)25-12-14/h2-10,18H,11-12H2,1H3,(H,21,23)/t18-/m1/s1. The fraction of sp³-hybridized carbons (Fsp3) is 0.200. The van der Waals surface area contributed by atoms with Gasteiger partial charge >= 0.3 is 0 Å². The lowest BCUT2D eigenvalue weighted by Gasteiger charge is -2.34. The zero-order valence-corrected chi connectivity index (χ0v) is 14.3. The molecule has 6 heteroatoms. The summed E-state index contributed by atoms with van der Waals surface area (Å²) in [7, 11) is 1.55. The Morgan fingerprint density at radius 3 is 2.62 bits per heavy atom. The summed E-state index contributed by atoms with van der Waals surface area (Å²) in [6.07, 6.45) is 1.09. The van der Waals surface area contributed by atoms with Crippen molar-refractivity contribution in [2.75, 3.05) is 25.1 Å². The number of fused-ring (bicyclic) bond motifs is 2. The summed E-state index contributed by atoms with van der Waals surface area (Å²) < 4.78 is 11.5. The summed E-state index contributed by atoms with van der Waals surface area (Å²) in [5.41, 5.74) is 2.06. The highest BCUT2D eigenvalue weighted by molar-refractivity contribution is 6.10. The van der Waals surface area contributed by atoms with Crippen molar-refractivity contribution < 1.29 is 19.1 Å². The second kappa shape index (κ2) is 6.55. The minimum atomic E-state index is -0.753. The third kappa shape index (κ3) is 2.79. The molecule has 0 radical (unpaired) electrons. The van der Waals surface area contributed by atoms with Crippen molar-refractivity contribution in [2.45, 2.75) is 6.10 Å². The SMILES string of the molecule is CNC(=O)[C@H]1CN(C(=O)C2=Cc3ccccc3OC2)c2ccccc2O1. The molecule has 6 nitrogen and oxygen atoms in total. The normalized spacial score (nSPS) is 17.8. The van der Waals surface area contributed by atoms with Gasteiger partial charge in [-0.2, -0.15) is 0 Å². The third-order valence-electron chi connectivity index (χ3n) is 4.46. The molecule has 0 aliphatic carbocycles. The molecule has 4 rings (SSSR count). The van der Waals surface area contributed by atoms with Crippen molar-refractivity contribution in [3.8, 4) is 11.5 Å². The highest BCUT2D eigenvalue weighted by Crippen LogP contribution is 2.35. The van der Waals surface area contributed by atoms with Gasteiger partial charge in [0.1, 0.15) is 18.1 Å². The topological polar surface area (TPSA) is 67.9 Å². The Kier molecular flexibility index (Phi) is 4.08. The number of likely N-dealkylation sites (N-methyl/N-ethyl adjacent to an activating group) is 1. The van der Waals surface area contributed by atoms with Crippen molar-refractivity contribution >= 4 is 23.6 Å². The van der Waals surface area contributed by atoms with Crippen LogP contribution in [0, 0.1) is 0 Å². The van der Waals surface area contributed by atoms with Crippen LogP contribution in [0.3, 0.4) is 0 Å². The molecule has 0 fully saturated rings. The molecule has 1 N–H and O–H groups in total. The minimum Gasteiger partial charge on any atom is -0.488 e. The highest BCUT2D eigenvalue weighted by atomic mass is 16.5. The van der Waals surface area contributed by atoms with E-state index in [4.69, 9.17) is 9.47 Å². The number of nitrogens with one attached hydrogen (secondary N) is 1. The first-order chi connectivity index (χ1) is 12.7. The molecule has 1 atom stereocenters. The maximum atomic E-state index is 13.2. The number of hydrogen-bond donors (Lipinski definition) is 1. The molecule has 2 aliphatic heterocycles. The van der Waals surface area contributed by atoms with Gasteiger partial charge in [0.25, 0.3) is 11.8 Å². The van der Waals surface area contributed by atoms with E-state index in [1.807, 2.05) is 48.5 Å². The Morgan fingerprint density at radius 1 is 1.08 bits per heavy atom. The van der Waals surface area contributed by atoms with Crippen LogP contribution in [0.5, 0.6) is 11.5 Å². The predicted octanol–water partition coefficient (Wildman–Crippen LogP) is 2.00. The van der Waals surface area contributed by atoms with Crippen molar-refractivity contribution in [1.29, 1.82) is 0 Å². The Bertz CT molecular complexity index is 906. The zero-order chi connectivity index (χ0) is 18.1. The van der Waals surface area contributed by atoms with Crippen LogP contribution in [0.15, 0.2) is 54.1 Å². The lowest BCUT2D eigenvalue weighted by Crippen LogP contribution is -2.50. The van der Waals surface area contributed by atoms with Crippen LogP contribution in [0.1, 0.15) is 5.56 Å². The summed E-state index contributed by atoms with van der Waals surface area (Å²) in [6.45, 7) is 0.342. The molecule has 2 aromatic rings. The number of rotatable bonds is 2. The van der Waals surface area contributed by atoms with Crippen LogP contribution in [-0.4, -0.2) is 38.1 Å². The van der Waals surface area contributed by atoms with Crippen LogP contribution in [-0.2, 0) is 9.59 Å². The molecule has 0 saturated carbocycles. The average molecular weight is 350 g/mol. The van der Waals surface area contributed by atoms with Gasteiger partial charge < -0.3 is 19.7 Å². The first-order valence-corrected chi connectivity index (χ1v) is 8.39. The number of hydrogen-bond acceptors (Lipinski definition) is 4. The Balaban J connectivity index is 1.69. The second-order valence-corrected chi connectivity index (χ2v) is 6.10. The lowest BCUT2D eigenvalue weighted by atomic mass is 10.1. The van der Waals surface area contributed by atoms with Gasteiger partial charge in [-0.3, -0.25) is 9.59 Å². The van der Waals surface area contributed by atoms with Gasteiger partial charge in [0.15, 0.2) is 6.10 Å². The minimum absolute atomic E-state index is 0.147. The number of benzene rings is 2. The van der Waals surface area contributed by atoms with E-state index in [9.17, 15) is 9.59 Å². The molecular weight excluding hydrogens is 332 g/mol. The molecule has 132 valence electrons. The number of ether oxygens (including phenoxy) is 2. The zero-order valence-electron chi connectivity index (χ0n) is 14.3. The Morgan fingerprint density at radius 2 is 1.81 bits per heavy atom. The van der Waals surface area contributed by atoms with Crippen LogP contribution >= 0.6 is 0 Å². The Labute approximate surface area is 151 Å². The van der Waals surface area contributed by atoms with E-state index in [2.05, 4.69) is 5.32 Å². The molecule has 2 aromatic carbocycles. The number of carbonyl (C=O) groups excluding carboxylic acids is 2. The summed E-state index contributed by atoms with van der Waals surface area (Å²) in [5, 5.41) is 2.58. The Hall–Kier alpha value is -3.28. The van der Waals surface area contributed by atoms with Crippen LogP contribution in [0.2, 0.25) is 0 Å². The number of amides is 2. The van der Waals surface area contributed by atoms with Gasteiger partial charge in [-0.1, -0.05) is 30.3 Å². The molecule has 0 saturated heterocycles. The molecule has 2 amide bonds. The van der Waals surface area contributed by atoms with E-state index in [0.717, 1.165) is 11.3 Å². The fourth-order valence-electron chi connectivity index (χ4n) is 3.14. The maximum absolute atomic E-state index is 13.2. The molecule has 2 heterocycles. The van der Waals surface area contributed by atoms with Gasteiger partial charge in [0, 0.05) is 12.6 Å². The molecular formula is C20H18N2O4. The quantitative estimate of drug-likeness (QED) is 0.900. The van der Waals surface area contributed by atoms with Crippen molar-refractivity contribution in [3.05, 3.63) is 59.7 Å². The van der Waals surface area contributed by atoms with E-state index in [-0.39, 0.29) is 25.0 Å². The number of carbonyl (C=O) groups is 2. The van der Waals surface area contributed by atoms with E-state index in [1.165, 1.54) is 0 Å². The third-order valence-corrected chi connectivity index (χ3v) is 4.46. The summed E-state index contributed by atoms with van der Waals surface area (Å²) >= 11 is 0. The van der Waals surface area contributed by atoms with Gasteiger partial charge in [0.2, 0.25) is 0 Å². The fourth-order valence-corrected chi connectivity index (χ4v) is 3.14. The van der Waals surface area contributed by atoms with Crippen molar-refractivity contribution in [1.82, 2.24) is 5.32 Å². The molecule has 26 heavy (non-hydrogen) atoms. The lowest BCUT2D eigenvalue weighted by molar-refractivity contribution is -0.127. The monoisotopic (exact) mass is 350 g/mol. The second-order valence-electron chi connectivity index (χ2n) is 6.10. The molecule has 0 aromatic heterocycles. The highest BCUT2D eigenvalue weighted by Gasteiger charge is 2.35. The van der Waals surface area contributed by atoms with Crippen molar-refractivity contribution in [2.24, 2.45) is 0 Å². The molecule has 2 aliphatic rings. The number of para-hydroxylation sites is 3. The largest absolute Gasteiger partial charge is 0.488 e. The van der Waals surface area contributed by atoms with E-state index >= 15 is 0 Å². The van der Waals surface area contributed by atoms with Crippen LogP contribution < -0.4 is 19.7 Å². The first kappa shape index (κ1) is 16.2. The maximum Gasteiger partial charge on any atom is 0.262 e. The van der Waals surface area contributed by atoms with Gasteiger partial charge in [-0.05, 0) is 24.3 Å². The number of anilines is 1. The summed E-state index contributed by atoms with van der Waals surface area (Å²) in [4.78, 5) is 26.8. The molecule has 0 bridgehead atoms. The first-order valence-electron chi connectivity index (χ1n) is 8.39. The average Bonchev–Trinajstić information content (AvgIpc) is 2.71. The van der Waals surface area contributed by atoms with E-state index < -0.39 is 6.10 Å². The van der Waals surface area contributed by atoms with Crippen molar-refractivity contribution in [3.63, 3.8) is 0 Å². The van der Waals surface area contributed by atoms with Gasteiger partial charge in [-0.25, -0.2) is 0 Å². The van der Waals surface area contributed by atoms with Crippen LogP contribution in [0.25, 0.3) is 6.08 Å². The molecule has 0 unspecified atom stereocenters. The van der Waals surface area contributed by atoms with Gasteiger partial charge in [-0.15, -0.1) is 0 Å².